The van der Waals surface area contributed by atoms with Crippen LogP contribution in [-0.4, -0.2) is 28.4 Å². The Morgan fingerprint density at radius 1 is 1.38 bits per heavy atom. The van der Waals surface area contributed by atoms with E-state index in [0.29, 0.717) is 25.5 Å². The number of amides is 1. The molecule has 2 heterocycles. The minimum Gasteiger partial charge on any atom is -0.494 e. The zero-order valence-corrected chi connectivity index (χ0v) is 18.5. The number of hydrogen-bond donors (Lipinski definition) is 1. The van der Waals surface area contributed by atoms with Gasteiger partial charge < -0.3 is 14.8 Å². The molecule has 29 heavy (non-hydrogen) atoms. The van der Waals surface area contributed by atoms with Crippen molar-refractivity contribution in [2.45, 2.75) is 73.6 Å². The fraction of sp³-hybridized carbons (Fsp3) is 0.565. The number of benzene rings is 1. The van der Waals surface area contributed by atoms with Gasteiger partial charge in [-0.05, 0) is 45.7 Å². The van der Waals surface area contributed by atoms with Gasteiger partial charge in [-0.2, -0.15) is 5.10 Å². The maximum atomic E-state index is 12.7. The lowest BCUT2D eigenvalue weighted by Gasteiger charge is -2.13. The van der Waals surface area contributed by atoms with Crippen LogP contribution >= 0.6 is 0 Å². The van der Waals surface area contributed by atoms with Crippen LogP contribution in [-0.2, 0) is 30.7 Å². The molecule has 0 spiro atoms. The van der Waals surface area contributed by atoms with Crippen molar-refractivity contribution in [3.05, 3.63) is 40.2 Å². The molecule has 1 aromatic carbocycles. The van der Waals surface area contributed by atoms with Crippen LogP contribution in [0.5, 0.6) is 11.5 Å². The van der Waals surface area contributed by atoms with Crippen molar-refractivity contribution in [2.24, 2.45) is 5.92 Å². The predicted octanol–water partition coefficient (Wildman–Crippen LogP) is 3.74. The van der Waals surface area contributed by atoms with Gasteiger partial charge in [0.05, 0.1) is 18.7 Å². The minimum absolute atomic E-state index is 0.0162. The summed E-state index contributed by atoms with van der Waals surface area (Å²) in [7, 11) is 0. The van der Waals surface area contributed by atoms with E-state index in [1.165, 1.54) is 5.56 Å². The van der Waals surface area contributed by atoms with Gasteiger partial charge in [0.2, 0.25) is 5.91 Å². The SMILES string of the molecule is CCOc1cc2c(cc1CNC(=O)Cc1c(C)nn(CC(C)C)c1C)O[C@H](C)C2. The summed E-state index contributed by atoms with van der Waals surface area (Å²) in [6, 6.07) is 4.05. The van der Waals surface area contributed by atoms with Gasteiger partial charge in [0.25, 0.3) is 0 Å². The summed E-state index contributed by atoms with van der Waals surface area (Å²) in [5.74, 6) is 2.21. The Kier molecular flexibility index (Phi) is 6.50. The molecular weight excluding hydrogens is 366 g/mol. The normalized spacial score (nSPS) is 15.3. The Morgan fingerprint density at radius 3 is 2.83 bits per heavy atom. The van der Waals surface area contributed by atoms with Crippen LogP contribution in [0.15, 0.2) is 12.1 Å². The summed E-state index contributed by atoms with van der Waals surface area (Å²) in [6.45, 7) is 14.2. The number of aryl methyl sites for hydroxylation is 1. The maximum absolute atomic E-state index is 12.7. The molecule has 0 bridgehead atoms. The van der Waals surface area contributed by atoms with E-state index in [1.807, 2.05) is 37.6 Å². The van der Waals surface area contributed by atoms with Crippen molar-refractivity contribution in [3.63, 3.8) is 0 Å². The second kappa shape index (κ2) is 8.89. The Hall–Kier alpha value is -2.50. The Labute approximate surface area is 173 Å². The maximum Gasteiger partial charge on any atom is 0.224 e. The minimum atomic E-state index is -0.0162. The number of nitrogens with one attached hydrogen (secondary N) is 1. The van der Waals surface area contributed by atoms with E-state index in [4.69, 9.17) is 9.47 Å². The topological polar surface area (TPSA) is 65.4 Å². The second-order valence-electron chi connectivity index (χ2n) is 8.31. The molecule has 0 saturated carbocycles. The summed E-state index contributed by atoms with van der Waals surface area (Å²) in [5, 5.41) is 7.65. The van der Waals surface area contributed by atoms with E-state index in [0.717, 1.165) is 47.0 Å². The standard InChI is InChI=1S/C23H33N3O3/c1-7-28-21-9-18-8-15(4)29-22(18)10-19(21)12-24-23(27)11-20-16(5)25-26(17(20)6)13-14(2)3/h9-10,14-15H,7-8,11-13H2,1-6H3,(H,24,27)/t15-/m1/s1. The average Bonchev–Trinajstić information content (AvgIpc) is 3.12. The van der Waals surface area contributed by atoms with Crippen LogP contribution in [0.3, 0.4) is 0 Å². The molecule has 0 aliphatic carbocycles. The van der Waals surface area contributed by atoms with Crippen molar-refractivity contribution in [2.75, 3.05) is 6.61 Å². The highest BCUT2D eigenvalue weighted by molar-refractivity contribution is 5.79. The first-order valence-electron chi connectivity index (χ1n) is 10.5. The van der Waals surface area contributed by atoms with E-state index in [-0.39, 0.29) is 12.0 Å². The fourth-order valence-electron chi connectivity index (χ4n) is 3.84. The number of rotatable bonds is 8. The molecule has 0 fully saturated rings. The lowest BCUT2D eigenvalue weighted by molar-refractivity contribution is -0.120. The number of carbonyl (C=O) groups is 1. The van der Waals surface area contributed by atoms with Gasteiger partial charge in [0.15, 0.2) is 0 Å². The molecule has 158 valence electrons. The van der Waals surface area contributed by atoms with Crippen molar-refractivity contribution in [3.8, 4) is 11.5 Å². The van der Waals surface area contributed by atoms with Gasteiger partial charge >= 0.3 is 0 Å². The van der Waals surface area contributed by atoms with Crippen molar-refractivity contribution >= 4 is 5.91 Å². The quantitative estimate of drug-likeness (QED) is 0.734. The summed E-state index contributed by atoms with van der Waals surface area (Å²) >= 11 is 0. The van der Waals surface area contributed by atoms with Gasteiger partial charge in [-0.25, -0.2) is 0 Å². The molecular formula is C23H33N3O3. The lowest BCUT2D eigenvalue weighted by atomic mass is 10.1. The molecule has 3 rings (SSSR count). The second-order valence-corrected chi connectivity index (χ2v) is 8.31. The molecule has 1 atom stereocenters. The van der Waals surface area contributed by atoms with Crippen LogP contribution in [0.4, 0.5) is 0 Å². The first-order chi connectivity index (χ1) is 13.8. The Balaban J connectivity index is 1.69. The third kappa shape index (κ3) is 4.92. The highest BCUT2D eigenvalue weighted by Crippen LogP contribution is 2.35. The van der Waals surface area contributed by atoms with Crippen molar-refractivity contribution in [1.29, 1.82) is 0 Å². The monoisotopic (exact) mass is 399 g/mol. The van der Waals surface area contributed by atoms with Gasteiger partial charge in [-0.3, -0.25) is 9.48 Å². The third-order valence-corrected chi connectivity index (χ3v) is 5.26. The average molecular weight is 400 g/mol. The third-order valence-electron chi connectivity index (χ3n) is 5.26. The Bertz CT molecular complexity index is 886. The predicted molar refractivity (Wildman–Crippen MR) is 113 cm³/mol. The molecule has 6 nitrogen and oxygen atoms in total. The summed E-state index contributed by atoms with van der Waals surface area (Å²) in [6.07, 6.45) is 1.40. The van der Waals surface area contributed by atoms with Crippen molar-refractivity contribution in [1.82, 2.24) is 15.1 Å². The zero-order valence-electron chi connectivity index (χ0n) is 18.5. The summed E-state index contributed by atoms with van der Waals surface area (Å²) in [5.41, 5.74) is 5.12. The molecule has 1 aliphatic heterocycles. The largest absolute Gasteiger partial charge is 0.494 e. The van der Waals surface area contributed by atoms with Crippen molar-refractivity contribution < 1.29 is 14.3 Å². The molecule has 2 aromatic rings. The van der Waals surface area contributed by atoms with E-state index >= 15 is 0 Å². The molecule has 1 N–H and O–H groups in total. The first-order valence-corrected chi connectivity index (χ1v) is 10.5. The summed E-state index contributed by atoms with van der Waals surface area (Å²) < 4.78 is 13.7. The smallest absolute Gasteiger partial charge is 0.224 e. The van der Waals surface area contributed by atoms with E-state index in [1.54, 1.807) is 0 Å². The number of fused-ring (bicyclic) bond motifs is 1. The van der Waals surface area contributed by atoms with Gasteiger partial charge in [0, 0.05) is 41.9 Å². The lowest BCUT2D eigenvalue weighted by Crippen LogP contribution is -2.25. The number of aromatic nitrogens is 2. The number of nitrogens with zero attached hydrogens (tertiary/aromatic N) is 2. The molecule has 6 heteroatoms. The van der Waals surface area contributed by atoms with E-state index in [9.17, 15) is 4.79 Å². The van der Waals surface area contributed by atoms with E-state index < -0.39 is 0 Å². The Morgan fingerprint density at radius 2 is 2.14 bits per heavy atom. The molecule has 0 unspecified atom stereocenters. The van der Waals surface area contributed by atoms with Crippen LogP contribution in [0.25, 0.3) is 0 Å². The first kappa shape index (κ1) is 21.2. The zero-order chi connectivity index (χ0) is 21.1. The van der Waals surface area contributed by atoms with Crippen LogP contribution < -0.4 is 14.8 Å². The molecule has 1 aromatic heterocycles. The number of ether oxygens (including phenoxy) is 2. The van der Waals surface area contributed by atoms with Crippen LogP contribution in [0.1, 0.15) is 55.8 Å². The molecule has 0 radical (unpaired) electrons. The van der Waals surface area contributed by atoms with Gasteiger partial charge in [-0.15, -0.1) is 0 Å². The fourth-order valence-corrected chi connectivity index (χ4v) is 3.84. The number of carbonyl (C=O) groups excluding carboxylic acids is 1. The van der Waals surface area contributed by atoms with E-state index in [2.05, 4.69) is 31.2 Å². The van der Waals surface area contributed by atoms with Crippen LogP contribution in [0.2, 0.25) is 0 Å². The van der Waals surface area contributed by atoms with Gasteiger partial charge in [-0.1, -0.05) is 13.8 Å². The highest BCUT2D eigenvalue weighted by atomic mass is 16.5. The molecule has 1 aliphatic rings. The van der Waals surface area contributed by atoms with Gasteiger partial charge in [0.1, 0.15) is 17.6 Å². The molecule has 0 saturated heterocycles. The summed E-state index contributed by atoms with van der Waals surface area (Å²) in [4.78, 5) is 12.7. The highest BCUT2D eigenvalue weighted by Gasteiger charge is 2.22. The number of hydrogen-bond acceptors (Lipinski definition) is 4. The van der Waals surface area contributed by atoms with Crippen LogP contribution in [0, 0.1) is 19.8 Å². The molecule has 1 amide bonds.